The quantitative estimate of drug-likeness (QED) is 0.698. The van der Waals surface area contributed by atoms with Gasteiger partial charge in [-0.05, 0) is 32.9 Å². The molecule has 0 radical (unpaired) electrons. The zero-order chi connectivity index (χ0) is 11.5. The van der Waals surface area contributed by atoms with E-state index in [1.807, 2.05) is 4.90 Å². The van der Waals surface area contributed by atoms with Crippen LogP contribution in [0.25, 0.3) is 0 Å². The summed E-state index contributed by atoms with van der Waals surface area (Å²) in [5, 5.41) is 0. The Balaban J connectivity index is 2.02. The van der Waals surface area contributed by atoms with Crippen molar-refractivity contribution in [2.45, 2.75) is 31.5 Å². The summed E-state index contributed by atoms with van der Waals surface area (Å²) in [6.45, 7) is 2.39. The van der Waals surface area contributed by atoms with Gasteiger partial charge in [-0.15, -0.1) is 0 Å². The molecule has 0 bridgehead atoms. The van der Waals surface area contributed by atoms with E-state index in [2.05, 4.69) is 11.9 Å². The predicted octanol–water partition coefficient (Wildman–Crippen LogP) is -0.386. The molecule has 0 aromatic rings. The summed E-state index contributed by atoms with van der Waals surface area (Å²) in [6.07, 6.45) is 3.76. The second kappa shape index (κ2) is 5.12. The number of carbonyl (C=O) groups is 1. The van der Waals surface area contributed by atoms with Crippen LogP contribution in [0.3, 0.4) is 0 Å². The van der Waals surface area contributed by atoms with Gasteiger partial charge in [-0.25, -0.2) is 0 Å². The lowest BCUT2D eigenvalue weighted by molar-refractivity contribution is -0.158. The van der Waals surface area contributed by atoms with E-state index in [1.165, 1.54) is 12.8 Å². The van der Waals surface area contributed by atoms with Crippen molar-refractivity contribution in [1.82, 2.24) is 9.80 Å². The number of piperidine rings is 1. The minimum absolute atomic E-state index is 0.00743. The van der Waals surface area contributed by atoms with Crippen molar-refractivity contribution in [3.8, 4) is 0 Å². The molecular weight excluding hydrogens is 206 g/mol. The SMILES string of the molecule is CN1CCCCC1N1CC(CN)OCC1=O. The van der Waals surface area contributed by atoms with Crippen LogP contribution in [0.5, 0.6) is 0 Å². The van der Waals surface area contributed by atoms with Gasteiger partial charge in [0, 0.05) is 13.1 Å². The molecule has 0 aromatic carbocycles. The van der Waals surface area contributed by atoms with Crippen LogP contribution in [-0.4, -0.2) is 61.3 Å². The summed E-state index contributed by atoms with van der Waals surface area (Å²) in [6, 6.07) is 0. The lowest BCUT2D eigenvalue weighted by atomic mass is 10.1. The summed E-state index contributed by atoms with van der Waals surface area (Å²) in [5.41, 5.74) is 5.60. The highest BCUT2D eigenvalue weighted by atomic mass is 16.5. The third kappa shape index (κ3) is 2.36. The number of nitrogens with zero attached hydrogens (tertiary/aromatic N) is 2. The largest absolute Gasteiger partial charge is 0.365 e. The van der Waals surface area contributed by atoms with Gasteiger partial charge in [0.15, 0.2) is 0 Å². The first-order valence-corrected chi connectivity index (χ1v) is 6.03. The molecule has 0 spiro atoms. The van der Waals surface area contributed by atoms with Gasteiger partial charge in [0.1, 0.15) is 6.61 Å². The molecule has 2 N–H and O–H groups in total. The summed E-state index contributed by atoms with van der Waals surface area (Å²) in [7, 11) is 2.09. The Morgan fingerprint density at radius 2 is 2.31 bits per heavy atom. The minimum Gasteiger partial charge on any atom is -0.365 e. The van der Waals surface area contributed by atoms with E-state index in [-0.39, 0.29) is 24.8 Å². The van der Waals surface area contributed by atoms with Crippen molar-refractivity contribution >= 4 is 5.91 Å². The van der Waals surface area contributed by atoms with Crippen molar-refractivity contribution in [2.24, 2.45) is 5.73 Å². The van der Waals surface area contributed by atoms with Crippen LogP contribution in [0, 0.1) is 0 Å². The molecule has 2 heterocycles. The summed E-state index contributed by atoms with van der Waals surface area (Å²) in [4.78, 5) is 16.0. The molecule has 0 aliphatic carbocycles. The molecule has 5 heteroatoms. The van der Waals surface area contributed by atoms with E-state index >= 15 is 0 Å². The Hall–Kier alpha value is -0.650. The maximum atomic E-state index is 11.8. The molecule has 0 saturated carbocycles. The van der Waals surface area contributed by atoms with Crippen LogP contribution >= 0.6 is 0 Å². The predicted molar refractivity (Wildman–Crippen MR) is 60.8 cm³/mol. The van der Waals surface area contributed by atoms with Crippen LogP contribution in [-0.2, 0) is 9.53 Å². The van der Waals surface area contributed by atoms with E-state index in [9.17, 15) is 4.79 Å². The molecule has 2 atom stereocenters. The molecule has 5 nitrogen and oxygen atoms in total. The standard InChI is InChI=1S/C11H21N3O2/c1-13-5-3-2-4-10(13)14-7-9(6-12)16-8-11(14)15/h9-10H,2-8,12H2,1H3. The smallest absolute Gasteiger partial charge is 0.249 e. The summed E-state index contributed by atoms with van der Waals surface area (Å²) in [5.74, 6) is 0.100. The van der Waals surface area contributed by atoms with Gasteiger partial charge in [0.2, 0.25) is 5.91 Å². The topological polar surface area (TPSA) is 58.8 Å². The van der Waals surface area contributed by atoms with Crippen LogP contribution in [0.1, 0.15) is 19.3 Å². The average Bonchev–Trinajstić information content (AvgIpc) is 2.31. The molecule has 0 aromatic heterocycles. The lowest BCUT2D eigenvalue weighted by Gasteiger charge is -2.44. The molecule has 2 fully saturated rings. The third-order valence-corrected chi connectivity index (χ3v) is 3.52. The highest BCUT2D eigenvalue weighted by molar-refractivity contribution is 5.78. The Kier molecular flexibility index (Phi) is 3.78. The first kappa shape index (κ1) is 11.8. The van der Waals surface area contributed by atoms with E-state index in [0.717, 1.165) is 13.0 Å². The molecular formula is C11H21N3O2. The molecule has 92 valence electrons. The molecule has 2 rings (SSSR count). The molecule has 2 unspecified atom stereocenters. The number of hydrogen-bond acceptors (Lipinski definition) is 4. The van der Waals surface area contributed by atoms with Gasteiger partial charge in [-0.3, -0.25) is 9.69 Å². The fourth-order valence-electron chi connectivity index (χ4n) is 2.53. The van der Waals surface area contributed by atoms with E-state index in [4.69, 9.17) is 10.5 Å². The Morgan fingerprint density at radius 3 is 3.00 bits per heavy atom. The minimum atomic E-state index is 0.00743. The summed E-state index contributed by atoms with van der Waals surface area (Å²) >= 11 is 0. The lowest BCUT2D eigenvalue weighted by Crippen LogP contribution is -2.58. The van der Waals surface area contributed by atoms with Crippen molar-refractivity contribution in [2.75, 3.05) is 33.3 Å². The molecule has 2 aliphatic rings. The fraction of sp³-hybridized carbons (Fsp3) is 0.909. The van der Waals surface area contributed by atoms with Crippen molar-refractivity contribution in [3.05, 3.63) is 0 Å². The molecule has 2 saturated heterocycles. The van der Waals surface area contributed by atoms with Gasteiger partial charge in [0.05, 0.1) is 12.3 Å². The fourth-order valence-corrected chi connectivity index (χ4v) is 2.53. The van der Waals surface area contributed by atoms with Crippen LogP contribution in [0.15, 0.2) is 0 Å². The Bertz CT molecular complexity index is 260. The van der Waals surface area contributed by atoms with Crippen molar-refractivity contribution < 1.29 is 9.53 Å². The van der Waals surface area contributed by atoms with Gasteiger partial charge in [-0.1, -0.05) is 0 Å². The van der Waals surface area contributed by atoms with Gasteiger partial charge >= 0.3 is 0 Å². The summed E-state index contributed by atoms with van der Waals surface area (Å²) < 4.78 is 5.36. The zero-order valence-corrected chi connectivity index (χ0v) is 9.89. The maximum absolute atomic E-state index is 11.8. The number of carbonyl (C=O) groups excluding carboxylic acids is 1. The number of rotatable bonds is 2. The normalized spacial score (nSPS) is 33.1. The Labute approximate surface area is 96.5 Å². The highest BCUT2D eigenvalue weighted by Crippen LogP contribution is 2.21. The highest BCUT2D eigenvalue weighted by Gasteiger charge is 2.33. The second-order valence-electron chi connectivity index (χ2n) is 4.67. The van der Waals surface area contributed by atoms with Gasteiger partial charge in [0.25, 0.3) is 0 Å². The van der Waals surface area contributed by atoms with Gasteiger partial charge < -0.3 is 15.4 Å². The molecule has 16 heavy (non-hydrogen) atoms. The van der Waals surface area contributed by atoms with Crippen LogP contribution < -0.4 is 5.73 Å². The number of amides is 1. The molecule has 2 aliphatic heterocycles. The van der Waals surface area contributed by atoms with Gasteiger partial charge in [-0.2, -0.15) is 0 Å². The zero-order valence-electron chi connectivity index (χ0n) is 9.89. The monoisotopic (exact) mass is 227 g/mol. The van der Waals surface area contributed by atoms with Crippen LogP contribution in [0.2, 0.25) is 0 Å². The first-order valence-electron chi connectivity index (χ1n) is 6.03. The third-order valence-electron chi connectivity index (χ3n) is 3.52. The number of hydrogen-bond donors (Lipinski definition) is 1. The maximum Gasteiger partial charge on any atom is 0.249 e. The number of ether oxygens (including phenoxy) is 1. The van der Waals surface area contributed by atoms with Crippen molar-refractivity contribution in [3.63, 3.8) is 0 Å². The Morgan fingerprint density at radius 1 is 1.50 bits per heavy atom. The average molecular weight is 227 g/mol. The van der Waals surface area contributed by atoms with E-state index < -0.39 is 0 Å². The van der Waals surface area contributed by atoms with Crippen molar-refractivity contribution in [1.29, 1.82) is 0 Å². The van der Waals surface area contributed by atoms with E-state index in [0.29, 0.717) is 13.1 Å². The second-order valence-corrected chi connectivity index (χ2v) is 4.67. The number of nitrogens with two attached hydrogens (primary N) is 1. The first-order chi connectivity index (χ1) is 7.72. The van der Waals surface area contributed by atoms with Crippen LogP contribution in [0.4, 0.5) is 0 Å². The number of likely N-dealkylation sites (tertiary alicyclic amines) is 1. The molecule has 1 amide bonds. The number of morpholine rings is 1. The van der Waals surface area contributed by atoms with E-state index in [1.54, 1.807) is 0 Å².